The van der Waals surface area contributed by atoms with Gasteiger partial charge in [-0.3, -0.25) is 0 Å². The molecule has 0 amide bonds. The molecule has 0 bridgehead atoms. The molecule has 10 rings (SSSR count). The van der Waals surface area contributed by atoms with Crippen LogP contribution in [0.2, 0.25) is 5.02 Å². The molecule has 0 radical (unpaired) electrons. The Kier molecular flexibility index (Phi) is 5.49. The zero-order valence-corrected chi connectivity index (χ0v) is 26.2. The predicted molar refractivity (Wildman–Crippen MR) is 193 cm³/mol. The molecule has 8 aromatic rings. The molecule has 0 saturated carbocycles. The number of hydrogen-bond donors (Lipinski definition) is 0. The second-order valence-corrected chi connectivity index (χ2v) is 13.5. The summed E-state index contributed by atoms with van der Waals surface area (Å²) >= 11 is 9.12. The number of benzene rings is 7. The highest BCUT2D eigenvalue weighted by Gasteiger charge is 2.51. The van der Waals surface area contributed by atoms with Crippen molar-refractivity contribution in [2.75, 3.05) is 0 Å². The van der Waals surface area contributed by atoms with Crippen molar-refractivity contribution in [3.05, 3.63) is 179 Å². The minimum atomic E-state index is -0.542. The van der Waals surface area contributed by atoms with Gasteiger partial charge in [0.1, 0.15) is 11.5 Å². The number of thiophene rings is 1. The van der Waals surface area contributed by atoms with Crippen LogP contribution in [0, 0.1) is 0 Å². The van der Waals surface area contributed by atoms with Gasteiger partial charge in [0.05, 0.1) is 10.4 Å². The van der Waals surface area contributed by atoms with Crippen molar-refractivity contribution in [1.82, 2.24) is 0 Å². The maximum absolute atomic E-state index is 7.30. The highest BCUT2D eigenvalue weighted by Crippen LogP contribution is 2.64. The van der Waals surface area contributed by atoms with Gasteiger partial charge in [-0.15, -0.1) is 11.3 Å². The highest BCUT2D eigenvalue weighted by atomic mass is 35.5. The zero-order chi connectivity index (χ0) is 30.4. The minimum Gasteiger partial charge on any atom is -0.456 e. The van der Waals surface area contributed by atoms with E-state index in [9.17, 15) is 0 Å². The van der Waals surface area contributed by atoms with Crippen LogP contribution in [-0.2, 0) is 5.41 Å². The average molecular weight is 625 g/mol. The first-order valence-electron chi connectivity index (χ1n) is 15.5. The van der Waals surface area contributed by atoms with E-state index < -0.39 is 5.41 Å². The second kappa shape index (κ2) is 9.67. The Morgan fingerprint density at radius 3 is 1.91 bits per heavy atom. The molecule has 216 valence electrons. The molecule has 0 saturated heterocycles. The van der Waals surface area contributed by atoms with Crippen molar-refractivity contribution >= 4 is 43.1 Å². The van der Waals surface area contributed by atoms with Crippen LogP contribution in [0.4, 0.5) is 0 Å². The molecule has 1 spiro atoms. The molecule has 2 aliphatic rings. The van der Waals surface area contributed by atoms with Crippen LogP contribution >= 0.6 is 22.9 Å². The lowest BCUT2D eigenvalue weighted by Crippen LogP contribution is -2.32. The Morgan fingerprint density at radius 1 is 0.500 bits per heavy atom. The first kappa shape index (κ1) is 26.1. The molecule has 0 unspecified atom stereocenters. The van der Waals surface area contributed by atoms with Gasteiger partial charge in [-0.2, -0.15) is 0 Å². The molecule has 2 heterocycles. The summed E-state index contributed by atoms with van der Waals surface area (Å²) in [5.41, 5.74) is 11.2. The Morgan fingerprint density at radius 2 is 1.13 bits per heavy atom. The van der Waals surface area contributed by atoms with Crippen molar-refractivity contribution in [2.24, 2.45) is 0 Å². The SMILES string of the molecule is Clc1ccc2c(c1-c1ccc(-c3ccccc3)c3c1sc1ccccc13)Oc1ccccc1C21c2ccccc2-c2ccccc21. The number of rotatable bonds is 2. The normalized spacial score (nSPS) is 13.7. The molecule has 3 heteroatoms. The van der Waals surface area contributed by atoms with Crippen molar-refractivity contribution in [3.8, 4) is 44.9 Å². The van der Waals surface area contributed by atoms with Gasteiger partial charge in [-0.1, -0.05) is 145 Å². The van der Waals surface area contributed by atoms with Crippen LogP contribution in [0.3, 0.4) is 0 Å². The lowest BCUT2D eigenvalue weighted by Gasteiger charge is -2.40. The summed E-state index contributed by atoms with van der Waals surface area (Å²) in [5.74, 6) is 1.68. The van der Waals surface area contributed by atoms with Crippen molar-refractivity contribution < 1.29 is 4.74 Å². The van der Waals surface area contributed by atoms with Gasteiger partial charge >= 0.3 is 0 Å². The zero-order valence-electron chi connectivity index (χ0n) is 24.6. The summed E-state index contributed by atoms with van der Waals surface area (Å²) in [6.45, 7) is 0. The average Bonchev–Trinajstić information content (AvgIpc) is 3.64. The van der Waals surface area contributed by atoms with E-state index in [-0.39, 0.29) is 0 Å². The number of ether oxygens (including phenoxy) is 1. The third-order valence-corrected chi connectivity index (χ3v) is 11.4. The van der Waals surface area contributed by atoms with Crippen LogP contribution in [0.15, 0.2) is 152 Å². The molecule has 1 nitrogen and oxygen atoms in total. The summed E-state index contributed by atoms with van der Waals surface area (Å²) < 4.78 is 9.48. The molecule has 46 heavy (non-hydrogen) atoms. The monoisotopic (exact) mass is 624 g/mol. The Hall–Kier alpha value is -5.15. The molecular formula is C43H25ClOS. The Balaban J connectivity index is 1.34. The quantitative estimate of drug-likeness (QED) is 0.186. The fraction of sp³-hybridized carbons (Fsp3) is 0.0233. The predicted octanol–water partition coefficient (Wildman–Crippen LogP) is 12.5. The summed E-state index contributed by atoms with van der Waals surface area (Å²) in [5, 5.41) is 3.19. The molecule has 1 aliphatic carbocycles. The van der Waals surface area contributed by atoms with Crippen molar-refractivity contribution in [1.29, 1.82) is 0 Å². The molecule has 0 atom stereocenters. The van der Waals surface area contributed by atoms with Crippen LogP contribution < -0.4 is 4.74 Å². The molecule has 1 aliphatic heterocycles. The highest BCUT2D eigenvalue weighted by molar-refractivity contribution is 7.26. The number of halogens is 1. The fourth-order valence-corrected chi connectivity index (χ4v) is 9.53. The molecule has 1 aromatic heterocycles. The van der Waals surface area contributed by atoms with Crippen LogP contribution in [-0.4, -0.2) is 0 Å². The van der Waals surface area contributed by atoms with E-state index in [2.05, 4.69) is 152 Å². The summed E-state index contributed by atoms with van der Waals surface area (Å²) in [4.78, 5) is 0. The summed E-state index contributed by atoms with van der Waals surface area (Å²) in [6.07, 6.45) is 0. The van der Waals surface area contributed by atoms with Crippen molar-refractivity contribution in [2.45, 2.75) is 5.41 Å². The number of hydrogen-bond acceptors (Lipinski definition) is 2. The van der Waals surface area contributed by atoms with Gasteiger partial charge in [0.2, 0.25) is 0 Å². The topological polar surface area (TPSA) is 9.23 Å². The van der Waals surface area contributed by atoms with E-state index in [1.54, 1.807) is 0 Å². The number of fused-ring (bicyclic) bond motifs is 12. The third kappa shape index (κ3) is 3.35. The lowest BCUT2D eigenvalue weighted by atomic mass is 9.65. The maximum atomic E-state index is 7.30. The van der Waals surface area contributed by atoms with E-state index in [0.717, 1.165) is 33.8 Å². The van der Waals surface area contributed by atoms with Crippen LogP contribution in [0.5, 0.6) is 11.5 Å². The molecule has 7 aromatic carbocycles. The molecule has 0 N–H and O–H groups in total. The first-order chi connectivity index (χ1) is 22.7. The van der Waals surface area contributed by atoms with Crippen molar-refractivity contribution in [3.63, 3.8) is 0 Å². The Labute approximate surface area is 275 Å². The van der Waals surface area contributed by atoms with E-state index in [1.807, 2.05) is 11.3 Å². The van der Waals surface area contributed by atoms with Gasteiger partial charge in [0.15, 0.2) is 0 Å². The smallest absolute Gasteiger partial charge is 0.141 e. The second-order valence-electron chi connectivity index (χ2n) is 12.1. The largest absolute Gasteiger partial charge is 0.456 e. The van der Waals surface area contributed by atoms with Crippen LogP contribution in [0.1, 0.15) is 22.3 Å². The third-order valence-electron chi connectivity index (χ3n) is 9.85. The fourth-order valence-electron chi connectivity index (χ4n) is 8.03. The lowest BCUT2D eigenvalue weighted by molar-refractivity contribution is 0.438. The van der Waals surface area contributed by atoms with Gasteiger partial charge in [0.25, 0.3) is 0 Å². The standard InChI is InChI=1S/C43H25ClOS/c44-36-25-24-35-41(40(36)31-23-22-27(26-12-2-1-3-13-26)39-30-16-6-11-21-38(30)46-42(31)39)45-37-20-10-9-19-34(37)43(35)32-17-7-4-14-28(32)29-15-5-8-18-33(29)43/h1-25H. The molecule has 0 fully saturated rings. The van der Waals surface area contributed by atoms with E-state index in [4.69, 9.17) is 16.3 Å². The summed E-state index contributed by atoms with van der Waals surface area (Å²) in [7, 11) is 0. The van der Waals surface area contributed by atoms with Gasteiger partial charge < -0.3 is 4.74 Å². The van der Waals surface area contributed by atoms with E-state index >= 15 is 0 Å². The van der Waals surface area contributed by atoms with Gasteiger partial charge in [0, 0.05) is 42.4 Å². The summed E-state index contributed by atoms with van der Waals surface area (Å²) in [6, 6.07) is 54.3. The van der Waals surface area contributed by atoms with E-state index in [1.165, 1.54) is 53.6 Å². The Bertz CT molecular complexity index is 2480. The minimum absolute atomic E-state index is 0.542. The first-order valence-corrected chi connectivity index (χ1v) is 16.7. The maximum Gasteiger partial charge on any atom is 0.141 e. The van der Waals surface area contributed by atoms with Crippen LogP contribution in [0.25, 0.3) is 53.6 Å². The van der Waals surface area contributed by atoms with E-state index in [0.29, 0.717) is 5.02 Å². The van der Waals surface area contributed by atoms with Gasteiger partial charge in [-0.25, -0.2) is 0 Å². The number of para-hydroxylation sites is 1. The van der Waals surface area contributed by atoms with Gasteiger partial charge in [-0.05, 0) is 51.6 Å². The molecular weight excluding hydrogens is 600 g/mol.